The van der Waals surface area contributed by atoms with Gasteiger partial charge in [-0.2, -0.15) is 0 Å². The number of ether oxygens (including phenoxy) is 2. The minimum Gasteiger partial charge on any atom is -0.377 e. The van der Waals surface area contributed by atoms with E-state index in [0.717, 1.165) is 13.0 Å². The van der Waals surface area contributed by atoms with E-state index in [0.29, 0.717) is 18.2 Å². The summed E-state index contributed by atoms with van der Waals surface area (Å²) in [5.41, 5.74) is 0. The Kier molecular flexibility index (Phi) is 7.87. The van der Waals surface area contributed by atoms with Crippen molar-refractivity contribution in [3.63, 3.8) is 0 Å². The zero-order valence-electron chi connectivity index (χ0n) is 12.6. The predicted octanol–water partition coefficient (Wildman–Crippen LogP) is 3.13. The minimum atomic E-state index is 0.239. The molecule has 0 aromatic rings. The first-order chi connectivity index (χ1) is 8.72. The van der Waals surface area contributed by atoms with Crippen LogP contribution in [0.25, 0.3) is 0 Å². The molecule has 0 amide bonds. The molecule has 0 heterocycles. The molecule has 1 aliphatic carbocycles. The second-order valence-electron chi connectivity index (χ2n) is 5.45. The number of nitrogens with one attached hydrogen (secondary N) is 1. The van der Waals surface area contributed by atoms with Crippen LogP contribution < -0.4 is 5.32 Å². The van der Waals surface area contributed by atoms with Gasteiger partial charge in [-0.05, 0) is 26.7 Å². The maximum absolute atomic E-state index is 5.64. The Morgan fingerprint density at radius 3 is 2.61 bits per heavy atom. The van der Waals surface area contributed by atoms with Gasteiger partial charge in [0.05, 0.1) is 12.2 Å². The van der Waals surface area contributed by atoms with E-state index < -0.39 is 0 Å². The van der Waals surface area contributed by atoms with Crippen molar-refractivity contribution in [2.24, 2.45) is 0 Å². The average Bonchev–Trinajstić information content (AvgIpc) is 2.34. The van der Waals surface area contributed by atoms with E-state index in [-0.39, 0.29) is 6.10 Å². The fraction of sp³-hybridized carbons (Fsp3) is 1.00. The summed E-state index contributed by atoms with van der Waals surface area (Å²) in [4.78, 5) is 0. The number of methoxy groups -OCH3 is 1. The number of rotatable bonds is 10. The van der Waals surface area contributed by atoms with Gasteiger partial charge in [-0.1, -0.05) is 32.6 Å². The second kappa shape index (κ2) is 8.89. The highest BCUT2D eigenvalue weighted by Crippen LogP contribution is 2.27. The average molecular weight is 257 g/mol. The Hall–Kier alpha value is -0.120. The molecule has 3 heteroatoms. The monoisotopic (exact) mass is 257 g/mol. The van der Waals surface area contributed by atoms with Crippen molar-refractivity contribution < 1.29 is 9.47 Å². The third-order valence-corrected chi connectivity index (χ3v) is 3.89. The Morgan fingerprint density at radius 1 is 1.22 bits per heavy atom. The molecule has 0 aromatic carbocycles. The molecule has 4 unspecified atom stereocenters. The van der Waals surface area contributed by atoms with Gasteiger partial charge in [-0.25, -0.2) is 0 Å². The Morgan fingerprint density at radius 2 is 2.00 bits per heavy atom. The summed E-state index contributed by atoms with van der Waals surface area (Å²) in [6.07, 6.45) is 8.27. The van der Waals surface area contributed by atoms with Crippen LogP contribution in [0.1, 0.15) is 59.3 Å². The number of unbranched alkanes of at least 4 members (excludes halogenated alkanes) is 3. The summed E-state index contributed by atoms with van der Waals surface area (Å²) in [7, 11) is 1.79. The maximum Gasteiger partial charge on any atom is 0.0986 e. The van der Waals surface area contributed by atoms with Gasteiger partial charge in [0, 0.05) is 25.8 Å². The van der Waals surface area contributed by atoms with E-state index in [9.17, 15) is 0 Å². The van der Waals surface area contributed by atoms with Crippen LogP contribution >= 0.6 is 0 Å². The van der Waals surface area contributed by atoms with Gasteiger partial charge in [0.25, 0.3) is 0 Å². The van der Waals surface area contributed by atoms with Crippen LogP contribution in [0.3, 0.4) is 0 Å². The highest BCUT2D eigenvalue weighted by molar-refractivity contribution is 4.97. The molecule has 3 nitrogen and oxygen atoms in total. The van der Waals surface area contributed by atoms with Gasteiger partial charge in [-0.3, -0.25) is 0 Å². The molecule has 0 bridgehead atoms. The predicted molar refractivity (Wildman–Crippen MR) is 76.0 cm³/mol. The molecule has 0 aliphatic heterocycles. The lowest BCUT2D eigenvalue weighted by Crippen LogP contribution is -2.61. The Bertz CT molecular complexity index is 211. The zero-order valence-corrected chi connectivity index (χ0v) is 12.6. The van der Waals surface area contributed by atoms with E-state index >= 15 is 0 Å². The summed E-state index contributed by atoms with van der Waals surface area (Å²) in [6.45, 7) is 7.37. The Labute approximate surface area is 113 Å². The number of hydrogen-bond donors (Lipinski definition) is 1. The van der Waals surface area contributed by atoms with Crippen molar-refractivity contribution in [1.82, 2.24) is 5.32 Å². The lowest BCUT2D eigenvalue weighted by molar-refractivity contribution is -0.133. The lowest BCUT2D eigenvalue weighted by Gasteiger charge is -2.44. The summed E-state index contributed by atoms with van der Waals surface area (Å²) in [5, 5.41) is 3.68. The third kappa shape index (κ3) is 4.87. The fourth-order valence-corrected chi connectivity index (χ4v) is 2.76. The van der Waals surface area contributed by atoms with E-state index in [1.54, 1.807) is 7.11 Å². The van der Waals surface area contributed by atoms with Crippen LogP contribution in [0.5, 0.6) is 0 Å². The molecule has 4 atom stereocenters. The molecular weight excluding hydrogens is 226 g/mol. The molecule has 0 spiro atoms. The van der Waals surface area contributed by atoms with Gasteiger partial charge in [0.15, 0.2) is 0 Å². The summed E-state index contributed by atoms with van der Waals surface area (Å²) in [5.74, 6) is 0. The third-order valence-electron chi connectivity index (χ3n) is 3.89. The van der Waals surface area contributed by atoms with Crippen LogP contribution in [-0.4, -0.2) is 38.0 Å². The van der Waals surface area contributed by atoms with Crippen LogP contribution in [0.15, 0.2) is 0 Å². The van der Waals surface area contributed by atoms with E-state index in [1.165, 1.54) is 32.1 Å². The van der Waals surface area contributed by atoms with Gasteiger partial charge < -0.3 is 14.8 Å². The van der Waals surface area contributed by atoms with E-state index in [4.69, 9.17) is 9.47 Å². The molecule has 18 heavy (non-hydrogen) atoms. The normalized spacial score (nSPS) is 29.0. The van der Waals surface area contributed by atoms with Crippen molar-refractivity contribution in [3.8, 4) is 0 Å². The fourth-order valence-electron chi connectivity index (χ4n) is 2.76. The molecule has 0 saturated heterocycles. The lowest BCUT2D eigenvalue weighted by atomic mass is 9.84. The first kappa shape index (κ1) is 15.9. The van der Waals surface area contributed by atoms with Crippen LogP contribution in [-0.2, 0) is 9.47 Å². The molecule has 1 N–H and O–H groups in total. The molecular formula is C15H31NO2. The van der Waals surface area contributed by atoms with Crippen molar-refractivity contribution in [2.45, 2.75) is 83.6 Å². The zero-order chi connectivity index (χ0) is 13.4. The van der Waals surface area contributed by atoms with Gasteiger partial charge in [0.2, 0.25) is 0 Å². The molecule has 0 aromatic heterocycles. The van der Waals surface area contributed by atoms with Crippen molar-refractivity contribution in [1.29, 1.82) is 0 Å². The second-order valence-corrected chi connectivity index (χ2v) is 5.45. The maximum atomic E-state index is 5.64. The summed E-state index contributed by atoms with van der Waals surface area (Å²) < 4.78 is 11.2. The van der Waals surface area contributed by atoms with E-state index in [1.807, 2.05) is 6.92 Å². The summed E-state index contributed by atoms with van der Waals surface area (Å²) >= 11 is 0. The first-order valence-electron chi connectivity index (χ1n) is 7.63. The van der Waals surface area contributed by atoms with Gasteiger partial charge >= 0.3 is 0 Å². The molecule has 1 saturated carbocycles. The van der Waals surface area contributed by atoms with Crippen LogP contribution in [0.4, 0.5) is 0 Å². The molecule has 1 rings (SSSR count). The van der Waals surface area contributed by atoms with Crippen LogP contribution in [0, 0.1) is 0 Å². The van der Waals surface area contributed by atoms with Crippen molar-refractivity contribution in [2.75, 3.05) is 13.7 Å². The molecule has 0 radical (unpaired) electrons. The SMILES string of the molecule is CCCCCCC(C)NC1CC(OCC)C1OC. The number of hydrogen-bond acceptors (Lipinski definition) is 3. The van der Waals surface area contributed by atoms with Crippen molar-refractivity contribution >= 4 is 0 Å². The smallest absolute Gasteiger partial charge is 0.0986 e. The van der Waals surface area contributed by atoms with Gasteiger partial charge in [-0.15, -0.1) is 0 Å². The van der Waals surface area contributed by atoms with E-state index in [2.05, 4.69) is 19.2 Å². The molecule has 1 fully saturated rings. The first-order valence-corrected chi connectivity index (χ1v) is 7.63. The van der Waals surface area contributed by atoms with Crippen LogP contribution in [0.2, 0.25) is 0 Å². The largest absolute Gasteiger partial charge is 0.377 e. The minimum absolute atomic E-state index is 0.239. The highest BCUT2D eigenvalue weighted by Gasteiger charge is 2.42. The molecule has 108 valence electrons. The standard InChI is InChI=1S/C15H31NO2/c1-5-7-8-9-10-12(3)16-13-11-14(18-6-2)15(13)17-4/h12-16H,5-11H2,1-4H3. The van der Waals surface area contributed by atoms with Crippen molar-refractivity contribution in [3.05, 3.63) is 0 Å². The Balaban J connectivity index is 2.14. The van der Waals surface area contributed by atoms with Gasteiger partial charge in [0.1, 0.15) is 0 Å². The summed E-state index contributed by atoms with van der Waals surface area (Å²) in [6, 6.07) is 1.07. The highest BCUT2D eigenvalue weighted by atomic mass is 16.5. The molecule has 1 aliphatic rings. The topological polar surface area (TPSA) is 30.5 Å². The quantitative estimate of drug-likeness (QED) is 0.610.